The molecule has 1 aliphatic heterocycles. The SMILES string of the molecule is CC(c1ccc2c(c1)OC(F)(F)O2)N(C(=O)O)c1ccccc1. The molecule has 1 atom stereocenters. The Kier molecular flexibility index (Phi) is 3.55. The summed E-state index contributed by atoms with van der Waals surface area (Å²) in [6.45, 7) is 1.66. The van der Waals surface area contributed by atoms with Gasteiger partial charge in [-0.1, -0.05) is 24.3 Å². The molecule has 0 spiro atoms. The van der Waals surface area contributed by atoms with Crippen molar-refractivity contribution in [3.63, 3.8) is 0 Å². The predicted molar refractivity (Wildman–Crippen MR) is 78.0 cm³/mol. The Labute approximate surface area is 130 Å². The Hall–Kier alpha value is -2.83. The van der Waals surface area contributed by atoms with E-state index in [1.54, 1.807) is 37.3 Å². The number of amides is 1. The number of hydrogen-bond acceptors (Lipinski definition) is 3. The van der Waals surface area contributed by atoms with Crippen molar-refractivity contribution >= 4 is 11.8 Å². The standard InChI is InChI=1S/C16H13F2NO4/c1-10(19(15(20)21)12-5-3-2-4-6-12)11-7-8-13-14(9-11)23-16(17,18)22-13/h2-10H,1H3,(H,20,21). The van der Waals surface area contributed by atoms with E-state index in [4.69, 9.17) is 0 Å². The maximum Gasteiger partial charge on any atom is 0.586 e. The number of benzene rings is 2. The molecule has 7 heteroatoms. The Bertz CT molecular complexity index is 736. The van der Waals surface area contributed by atoms with E-state index >= 15 is 0 Å². The largest absolute Gasteiger partial charge is 0.586 e. The minimum absolute atomic E-state index is 0.0764. The van der Waals surface area contributed by atoms with Gasteiger partial charge in [0.1, 0.15) is 0 Å². The molecule has 2 aromatic rings. The molecule has 0 bridgehead atoms. The highest BCUT2D eigenvalue weighted by Gasteiger charge is 2.43. The van der Waals surface area contributed by atoms with Crippen LogP contribution in [0.15, 0.2) is 48.5 Å². The van der Waals surface area contributed by atoms with Gasteiger partial charge in [0.05, 0.1) is 6.04 Å². The molecule has 2 aromatic carbocycles. The molecular formula is C16H13F2NO4. The van der Waals surface area contributed by atoms with Gasteiger partial charge in [0.15, 0.2) is 11.5 Å². The quantitative estimate of drug-likeness (QED) is 0.918. The number of nitrogens with zero attached hydrogens (tertiary/aromatic N) is 1. The third kappa shape index (κ3) is 2.90. The first-order chi connectivity index (χ1) is 10.9. The molecule has 0 radical (unpaired) electrons. The number of fused-ring (bicyclic) bond motifs is 1. The molecule has 1 heterocycles. The van der Waals surface area contributed by atoms with Crippen LogP contribution in [-0.4, -0.2) is 17.5 Å². The van der Waals surface area contributed by atoms with Crippen molar-refractivity contribution in [2.24, 2.45) is 0 Å². The third-order valence-electron chi connectivity index (χ3n) is 3.54. The Morgan fingerprint density at radius 3 is 2.43 bits per heavy atom. The van der Waals surface area contributed by atoms with Gasteiger partial charge in [-0.3, -0.25) is 4.90 Å². The minimum atomic E-state index is -3.70. The van der Waals surface area contributed by atoms with E-state index in [-0.39, 0.29) is 11.5 Å². The topological polar surface area (TPSA) is 59.0 Å². The van der Waals surface area contributed by atoms with E-state index in [1.807, 2.05) is 0 Å². The average Bonchev–Trinajstić information content (AvgIpc) is 2.80. The number of alkyl halides is 2. The average molecular weight is 321 g/mol. The third-order valence-corrected chi connectivity index (χ3v) is 3.54. The molecule has 1 unspecified atom stereocenters. The van der Waals surface area contributed by atoms with Crippen LogP contribution in [-0.2, 0) is 0 Å². The van der Waals surface area contributed by atoms with E-state index < -0.39 is 18.4 Å². The first kappa shape index (κ1) is 15.1. The molecule has 1 N–H and O–H groups in total. The monoisotopic (exact) mass is 321 g/mol. The summed E-state index contributed by atoms with van der Waals surface area (Å²) in [5.41, 5.74) is 0.992. The van der Waals surface area contributed by atoms with Crippen LogP contribution >= 0.6 is 0 Å². The van der Waals surface area contributed by atoms with Gasteiger partial charge in [0.25, 0.3) is 0 Å². The molecule has 3 rings (SSSR count). The van der Waals surface area contributed by atoms with Crippen molar-refractivity contribution in [3.8, 4) is 11.5 Å². The van der Waals surface area contributed by atoms with Crippen LogP contribution in [0, 0.1) is 0 Å². The van der Waals surface area contributed by atoms with Crippen molar-refractivity contribution in [2.75, 3.05) is 4.90 Å². The lowest BCUT2D eigenvalue weighted by Crippen LogP contribution is -2.32. The lowest BCUT2D eigenvalue weighted by molar-refractivity contribution is -0.286. The summed E-state index contributed by atoms with van der Waals surface area (Å²) in [6, 6.07) is 12.2. The van der Waals surface area contributed by atoms with Gasteiger partial charge in [0.2, 0.25) is 0 Å². The van der Waals surface area contributed by atoms with Crippen LogP contribution in [0.25, 0.3) is 0 Å². The number of halogens is 2. The highest BCUT2D eigenvalue weighted by molar-refractivity contribution is 5.87. The molecule has 0 aliphatic carbocycles. The number of rotatable bonds is 3. The maximum atomic E-state index is 13.1. The van der Waals surface area contributed by atoms with E-state index in [0.717, 1.165) is 4.90 Å². The summed E-state index contributed by atoms with van der Waals surface area (Å²) in [7, 11) is 0. The zero-order chi connectivity index (χ0) is 16.6. The normalized spacial score (nSPS) is 16.0. The lowest BCUT2D eigenvalue weighted by Gasteiger charge is -2.27. The molecule has 0 saturated heterocycles. The Morgan fingerprint density at radius 2 is 1.78 bits per heavy atom. The minimum Gasteiger partial charge on any atom is -0.465 e. The second-order valence-electron chi connectivity index (χ2n) is 5.04. The van der Waals surface area contributed by atoms with Crippen molar-refractivity contribution in [1.82, 2.24) is 0 Å². The van der Waals surface area contributed by atoms with Crippen molar-refractivity contribution in [3.05, 3.63) is 54.1 Å². The maximum absolute atomic E-state index is 13.1. The molecule has 23 heavy (non-hydrogen) atoms. The molecule has 1 aliphatic rings. The Balaban J connectivity index is 1.93. The van der Waals surface area contributed by atoms with E-state index in [0.29, 0.717) is 11.3 Å². The van der Waals surface area contributed by atoms with Crippen molar-refractivity contribution in [1.29, 1.82) is 0 Å². The van der Waals surface area contributed by atoms with Crippen LogP contribution in [0.3, 0.4) is 0 Å². The second-order valence-corrected chi connectivity index (χ2v) is 5.04. The molecule has 120 valence electrons. The first-order valence-electron chi connectivity index (χ1n) is 6.84. The van der Waals surface area contributed by atoms with Gasteiger partial charge in [-0.15, -0.1) is 8.78 Å². The highest BCUT2D eigenvalue weighted by atomic mass is 19.3. The fraction of sp³-hybridized carbons (Fsp3) is 0.188. The fourth-order valence-corrected chi connectivity index (χ4v) is 2.46. The number of carbonyl (C=O) groups is 1. The predicted octanol–water partition coefficient (Wildman–Crippen LogP) is 4.25. The smallest absolute Gasteiger partial charge is 0.465 e. The molecule has 0 fully saturated rings. The van der Waals surface area contributed by atoms with Gasteiger partial charge < -0.3 is 14.6 Å². The number of anilines is 1. The number of carboxylic acid groups (broad SMARTS) is 1. The summed E-state index contributed by atoms with van der Waals surface area (Å²) >= 11 is 0. The van der Waals surface area contributed by atoms with Crippen LogP contribution in [0.2, 0.25) is 0 Å². The first-order valence-corrected chi connectivity index (χ1v) is 6.84. The summed E-state index contributed by atoms with van der Waals surface area (Å²) < 4.78 is 34.9. The molecule has 5 nitrogen and oxygen atoms in total. The summed E-state index contributed by atoms with van der Waals surface area (Å²) in [6.07, 6.45) is -4.84. The van der Waals surface area contributed by atoms with Crippen molar-refractivity contribution in [2.45, 2.75) is 19.3 Å². The lowest BCUT2D eigenvalue weighted by atomic mass is 10.1. The fourth-order valence-electron chi connectivity index (χ4n) is 2.46. The van der Waals surface area contributed by atoms with Gasteiger partial charge in [-0.05, 0) is 36.8 Å². The second kappa shape index (κ2) is 5.42. The van der Waals surface area contributed by atoms with E-state index in [1.165, 1.54) is 18.2 Å². The van der Waals surface area contributed by atoms with Gasteiger partial charge >= 0.3 is 12.4 Å². The van der Waals surface area contributed by atoms with Crippen LogP contribution in [0.1, 0.15) is 18.5 Å². The number of hydrogen-bond donors (Lipinski definition) is 1. The van der Waals surface area contributed by atoms with Crippen LogP contribution < -0.4 is 14.4 Å². The molecular weight excluding hydrogens is 308 g/mol. The number of ether oxygens (including phenoxy) is 2. The number of para-hydroxylation sites is 1. The summed E-state index contributed by atoms with van der Waals surface area (Å²) in [5.74, 6) is -0.190. The van der Waals surface area contributed by atoms with E-state index in [2.05, 4.69) is 9.47 Å². The Morgan fingerprint density at radius 1 is 1.13 bits per heavy atom. The van der Waals surface area contributed by atoms with Crippen molar-refractivity contribution < 1.29 is 28.2 Å². The molecule has 1 amide bonds. The highest BCUT2D eigenvalue weighted by Crippen LogP contribution is 2.42. The van der Waals surface area contributed by atoms with Gasteiger partial charge in [-0.25, -0.2) is 4.79 Å². The zero-order valence-corrected chi connectivity index (χ0v) is 12.1. The molecule has 0 aromatic heterocycles. The van der Waals surface area contributed by atoms with Gasteiger partial charge in [0, 0.05) is 5.69 Å². The zero-order valence-electron chi connectivity index (χ0n) is 12.1. The summed E-state index contributed by atoms with van der Waals surface area (Å²) in [5, 5.41) is 9.48. The van der Waals surface area contributed by atoms with Crippen LogP contribution in [0.4, 0.5) is 19.3 Å². The summed E-state index contributed by atoms with van der Waals surface area (Å²) in [4.78, 5) is 12.8. The van der Waals surface area contributed by atoms with Crippen LogP contribution in [0.5, 0.6) is 11.5 Å². The van der Waals surface area contributed by atoms with E-state index in [9.17, 15) is 18.7 Å². The van der Waals surface area contributed by atoms with Gasteiger partial charge in [-0.2, -0.15) is 0 Å². The molecule has 0 saturated carbocycles.